The van der Waals surface area contributed by atoms with Crippen LogP contribution >= 0.6 is 0 Å². The number of hydrogen-bond donors (Lipinski definition) is 2. The van der Waals surface area contributed by atoms with Crippen molar-refractivity contribution in [2.75, 3.05) is 15.5 Å². The third kappa shape index (κ3) is 2.45. The van der Waals surface area contributed by atoms with E-state index in [1.165, 1.54) is 12.1 Å². The lowest BCUT2D eigenvalue weighted by Gasteiger charge is -2.33. The van der Waals surface area contributed by atoms with Crippen LogP contribution < -0.4 is 15.5 Å². The largest absolute Gasteiger partial charge is 0.359 e. The summed E-state index contributed by atoms with van der Waals surface area (Å²) in [6, 6.07) is 16.4. The Bertz CT molecular complexity index is 1020. The van der Waals surface area contributed by atoms with Gasteiger partial charge in [-0.25, -0.2) is 0 Å². The molecule has 0 fully saturated rings. The second kappa shape index (κ2) is 5.93. The van der Waals surface area contributed by atoms with E-state index in [1.807, 2.05) is 42.2 Å². The molecule has 2 aliphatic heterocycles. The van der Waals surface area contributed by atoms with Crippen molar-refractivity contribution < 1.29 is 4.92 Å². The standard InChI is InChI=1S/C19H15N5O2/c1-12-9-18(21-13-5-4-6-14(10-13)24(25)26)23-17-8-3-2-7-16(17)22-19(23)15(12)11-20/h2-10,19,21-22H,1H3/t19-/m0/s1. The van der Waals surface area contributed by atoms with Crippen molar-refractivity contribution in [3.05, 3.63) is 81.7 Å². The molecule has 0 bridgehead atoms. The number of fused-ring (bicyclic) bond motifs is 3. The summed E-state index contributed by atoms with van der Waals surface area (Å²) >= 11 is 0. The molecule has 0 saturated heterocycles. The lowest BCUT2D eigenvalue weighted by molar-refractivity contribution is -0.384. The molecular formula is C19H15N5O2. The summed E-state index contributed by atoms with van der Waals surface area (Å²) in [6.45, 7) is 1.88. The zero-order valence-corrected chi connectivity index (χ0v) is 13.9. The van der Waals surface area contributed by atoms with Gasteiger partial charge in [-0.3, -0.25) is 15.0 Å². The highest BCUT2D eigenvalue weighted by Gasteiger charge is 2.37. The fraction of sp³-hybridized carbons (Fsp3) is 0.105. The van der Waals surface area contributed by atoms with E-state index in [4.69, 9.17) is 0 Å². The van der Waals surface area contributed by atoms with Crippen molar-refractivity contribution >= 4 is 22.7 Å². The quantitative estimate of drug-likeness (QED) is 0.646. The first-order chi connectivity index (χ1) is 12.6. The van der Waals surface area contributed by atoms with E-state index < -0.39 is 4.92 Å². The van der Waals surface area contributed by atoms with E-state index in [9.17, 15) is 15.4 Å². The minimum atomic E-state index is -0.422. The molecule has 128 valence electrons. The van der Waals surface area contributed by atoms with Gasteiger partial charge in [-0.05, 0) is 36.8 Å². The summed E-state index contributed by atoms with van der Waals surface area (Å²) < 4.78 is 0. The smallest absolute Gasteiger partial charge is 0.271 e. The topological polar surface area (TPSA) is 94.2 Å². The van der Waals surface area contributed by atoms with Gasteiger partial charge in [-0.2, -0.15) is 5.26 Å². The number of nitrogens with zero attached hydrogens (tertiary/aromatic N) is 3. The van der Waals surface area contributed by atoms with E-state index in [-0.39, 0.29) is 11.9 Å². The molecule has 0 spiro atoms. The zero-order chi connectivity index (χ0) is 18.3. The number of allylic oxidation sites excluding steroid dienone is 2. The number of anilines is 3. The number of benzene rings is 2. The monoisotopic (exact) mass is 345 g/mol. The molecule has 0 aliphatic carbocycles. The Labute approximate surface area is 150 Å². The predicted octanol–water partition coefficient (Wildman–Crippen LogP) is 3.96. The molecule has 0 amide bonds. The van der Waals surface area contributed by atoms with Crippen LogP contribution in [0.3, 0.4) is 0 Å². The lowest BCUT2D eigenvalue weighted by Crippen LogP contribution is -2.41. The lowest BCUT2D eigenvalue weighted by atomic mass is 10.0. The van der Waals surface area contributed by atoms with E-state index in [0.29, 0.717) is 11.3 Å². The molecule has 0 saturated carbocycles. The number of rotatable bonds is 3. The van der Waals surface area contributed by atoms with Gasteiger partial charge in [-0.15, -0.1) is 0 Å². The summed E-state index contributed by atoms with van der Waals surface area (Å²) in [4.78, 5) is 12.6. The van der Waals surface area contributed by atoms with Gasteiger partial charge in [-0.1, -0.05) is 18.2 Å². The molecule has 1 atom stereocenters. The summed E-state index contributed by atoms with van der Waals surface area (Å²) in [5, 5.41) is 27.2. The predicted molar refractivity (Wildman–Crippen MR) is 99.4 cm³/mol. The molecule has 2 aromatic rings. The van der Waals surface area contributed by atoms with Crippen molar-refractivity contribution in [2.45, 2.75) is 13.1 Å². The van der Waals surface area contributed by atoms with Crippen LogP contribution in [0.1, 0.15) is 6.92 Å². The van der Waals surface area contributed by atoms with Gasteiger partial charge in [0.25, 0.3) is 5.69 Å². The Morgan fingerprint density at radius 2 is 2.08 bits per heavy atom. The van der Waals surface area contributed by atoms with Crippen LogP contribution in [-0.4, -0.2) is 11.1 Å². The van der Waals surface area contributed by atoms with E-state index in [2.05, 4.69) is 16.7 Å². The first kappa shape index (κ1) is 15.7. The first-order valence-corrected chi connectivity index (χ1v) is 8.07. The van der Waals surface area contributed by atoms with Gasteiger partial charge in [0, 0.05) is 17.8 Å². The second-order valence-corrected chi connectivity index (χ2v) is 6.10. The maximum absolute atomic E-state index is 11.0. The van der Waals surface area contributed by atoms with Gasteiger partial charge < -0.3 is 10.6 Å². The maximum Gasteiger partial charge on any atom is 0.271 e. The van der Waals surface area contributed by atoms with E-state index in [1.54, 1.807) is 12.1 Å². The summed E-state index contributed by atoms with van der Waals surface area (Å²) in [5.74, 6) is 0.754. The van der Waals surface area contributed by atoms with Crippen LogP contribution in [0, 0.1) is 21.4 Å². The zero-order valence-electron chi connectivity index (χ0n) is 13.9. The highest BCUT2D eigenvalue weighted by molar-refractivity contribution is 5.83. The normalized spacial score (nSPS) is 17.6. The molecule has 0 unspecified atom stereocenters. The van der Waals surface area contributed by atoms with E-state index in [0.717, 1.165) is 22.8 Å². The van der Waals surface area contributed by atoms with Crippen LogP contribution in [0.25, 0.3) is 0 Å². The molecule has 2 aromatic carbocycles. The maximum atomic E-state index is 11.0. The highest BCUT2D eigenvalue weighted by atomic mass is 16.6. The van der Waals surface area contributed by atoms with Gasteiger partial charge >= 0.3 is 0 Å². The fourth-order valence-electron chi connectivity index (χ4n) is 3.29. The summed E-state index contributed by atoms with van der Waals surface area (Å²) in [6.07, 6.45) is 1.58. The molecule has 7 nitrogen and oxygen atoms in total. The molecule has 26 heavy (non-hydrogen) atoms. The Hall–Kier alpha value is -3.79. The Kier molecular flexibility index (Phi) is 3.59. The van der Waals surface area contributed by atoms with Gasteiger partial charge in [0.15, 0.2) is 0 Å². The minimum absolute atomic E-state index is 0.0212. The number of nitro benzene ring substituents is 1. The number of para-hydroxylation sites is 2. The minimum Gasteiger partial charge on any atom is -0.359 e. The molecule has 4 rings (SSSR count). The third-order valence-electron chi connectivity index (χ3n) is 4.47. The summed E-state index contributed by atoms with van der Waals surface area (Å²) in [5.41, 5.74) is 4.01. The number of nitriles is 1. The third-order valence-corrected chi connectivity index (χ3v) is 4.47. The number of nitro groups is 1. The van der Waals surface area contributed by atoms with Crippen molar-refractivity contribution in [3.63, 3.8) is 0 Å². The molecule has 0 aromatic heterocycles. The molecule has 2 N–H and O–H groups in total. The average molecular weight is 345 g/mol. The summed E-state index contributed by atoms with van der Waals surface area (Å²) in [7, 11) is 0. The van der Waals surface area contributed by atoms with Gasteiger partial charge in [0.05, 0.1) is 27.9 Å². The van der Waals surface area contributed by atoms with Gasteiger partial charge in [0.2, 0.25) is 0 Å². The number of nitrogens with one attached hydrogen (secondary N) is 2. The van der Waals surface area contributed by atoms with Crippen molar-refractivity contribution in [2.24, 2.45) is 0 Å². The second-order valence-electron chi connectivity index (χ2n) is 6.10. The SMILES string of the molecule is CC1=C(C#N)[C@H]2Nc3ccccc3N2C(Nc2cccc([N+](=O)[O-])c2)=C1. The molecule has 7 heteroatoms. The molecule has 0 radical (unpaired) electrons. The van der Waals surface area contributed by atoms with E-state index >= 15 is 0 Å². The van der Waals surface area contributed by atoms with Crippen LogP contribution in [-0.2, 0) is 0 Å². The molecular weight excluding hydrogens is 330 g/mol. The Morgan fingerprint density at radius 1 is 1.27 bits per heavy atom. The van der Waals surface area contributed by atoms with Crippen LogP contribution in [0.5, 0.6) is 0 Å². The highest BCUT2D eigenvalue weighted by Crippen LogP contribution is 2.42. The van der Waals surface area contributed by atoms with Crippen molar-refractivity contribution in [1.29, 1.82) is 5.26 Å². The van der Waals surface area contributed by atoms with Crippen LogP contribution in [0.15, 0.2) is 71.6 Å². The Balaban J connectivity index is 1.77. The van der Waals surface area contributed by atoms with Crippen LogP contribution in [0.2, 0.25) is 0 Å². The first-order valence-electron chi connectivity index (χ1n) is 8.07. The molecule has 2 heterocycles. The van der Waals surface area contributed by atoms with Gasteiger partial charge in [0.1, 0.15) is 12.0 Å². The van der Waals surface area contributed by atoms with Crippen molar-refractivity contribution in [3.8, 4) is 6.07 Å². The van der Waals surface area contributed by atoms with Crippen LogP contribution in [0.4, 0.5) is 22.7 Å². The fourth-order valence-corrected chi connectivity index (χ4v) is 3.29. The number of hydrogen-bond acceptors (Lipinski definition) is 6. The molecule has 2 aliphatic rings. The Morgan fingerprint density at radius 3 is 2.85 bits per heavy atom. The average Bonchev–Trinajstić information content (AvgIpc) is 3.01. The van der Waals surface area contributed by atoms with Crippen molar-refractivity contribution in [1.82, 2.24) is 0 Å². The number of non-ortho nitro benzene ring substituents is 1.